The molecule has 0 atom stereocenters. The third-order valence-electron chi connectivity index (χ3n) is 1.74. The molecule has 0 heterocycles. The molecule has 60 valence electrons. The van der Waals surface area contributed by atoms with Crippen LogP contribution in [0.1, 0.15) is 26.7 Å². The summed E-state index contributed by atoms with van der Waals surface area (Å²) >= 11 is 3.97. The number of thiol groups is 1. The van der Waals surface area contributed by atoms with E-state index in [-0.39, 0.29) is 0 Å². The van der Waals surface area contributed by atoms with E-state index in [9.17, 15) is 0 Å². The molecule has 1 fully saturated rings. The van der Waals surface area contributed by atoms with Gasteiger partial charge < -0.3 is 4.74 Å². The monoisotopic (exact) mass is 161 g/mol. The summed E-state index contributed by atoms with van der Waals surface area (Å²) in [6.45, 7) is 4.14. The van der Waals surface area contributed by atoms with E-state index in [4.69, 9.17) is 4.74 Å². The normalized spacial score (nSPS) is 32.4. The molecule has 1 N–H and O–H groups in total. The Bertz CT molecular complexity index is 102. The molecule has 0 amide bonds. The second-order valence-corrected chi connectivity index (χ2v) is 3.36. The van der Waals surface area contributed by atoms with Crippen LogP contribution in [0.5, 0.6) is 0 Å². The number of hydrogen-bond donors (Lipinski definition) is 2. The number of ether oxygens (including phenoxy) is 1. The number of rotatable bonds is 3. The third kappa shape index (κ3) is 2.15. The van der Waals surface area contributed by atoms with E-state index in [0.717, 1.165) is 12.8 Å². The van der Waals surface area contributed by atoms with Crippen molar-refractivity contribution < 1.29 is 4.74 Å². The smallest absolute Gasteiger partial charge is 0.0609 e. The lowest BCUT2D eigenvalue weighted by Gasteiger charge is -2.35. The van der Waals surface area contributed by atoms with Gasteiger partial charge in [0.25, 0.3) is 0 Å². The fraction of sp³-hybridized carbons (Fsp3) is 1.00. The maximum absolute atomic E-state index is 5.54. The molecule has 0 aromatic carbocycles. The average molecular weight is 161 g/mol. The molecular formula is C7H15NOS. The molecule has 1 aliphatic carbocycles. The Hall–Kier alpha value is 0.270. The molecule has 0 spiro atoms. The van der Waals surface area contributed by atoms with Crippen LogP contribution in [-0.4, -0.2) is 18.2 Å². The highest BCUT2D eigenvalue weighted by molar-refractivity contribution is 7.78. The fourth-order valence-corrected chi connectivity index (χ4v) is 1.38. The summed E-state index contributed by atoms with van der Waals surface area (Å²) in [5.74, 6) is 0. The SMILES string of the molecule is CC(C)O[C@H]1C[C@@H](NS)C1. The van der Waals surface area contributed by atoms with Gasteiger partial charge in [-0.1, -0.05) is 12.8 Å². The van der Waals surface area contributed by atoms with Gasteiger partial charge >= 0.3 is 0 Å². The van der Waals surface area contributed by atoms with Crippen molar-refractivity contribution in [3.05, 3.63) is 0 Å². The van der Waals surface area contributed by atoms with E-state index in [1.165, 1.54) is 0 Å². The van der Waals surface area contributed by atoms with Crippen molar-refractivity contribution in [1.29, 1.82) is 0 Å². The standard InChI is InChI=1S/C7H15NOS/c1-5(2)9-7-3-6(4-7)8-10/h5-8,10H,3-4H2,1-2H3/t6-,7+. The number of hydrogen-bond acceptors (Lipinski definition) is 3. The van der Waals surface area contributed by atoms with Gasteiger partial charge in [0.1, 0.15) is 0 Å². The summed E-state index contributed by atoms with van der Waals surface area (Å²) in [6, 6.07) is 0.576. The third-order valence-corrected chi connectivity index (χ3v) is 2.11. The Balaban J connectivity index is 2.03. The van der Waals surface area contributed by atoms with Crippen LogP contribution in [0.4, 0.5) is 0 Å². The van der Waals surface area contributed by atoms with Crippen molar-refractivity contribution in [3.8, 4) is 0 Å². The van der Waals surface area contributed by atoms with Gasteiger partial charge in [0, 0.05) is 6.04 Å². The average Bonchev–Trinajstić information content (AvgIpc) is 1.76. The molecule has 10 heavy (non-hydrogen) atoms. The second-order valence-electron chi connectivity index (χ2n) is 3.10. The highest BCUT2D eigenvalue weighted by Gasteiger charge is 2.29. The van der Waals surface area contributed by atoms with Gasteiger partial charge in [0.05, 0.1) is 12.2 Å². The van der Waals surface area contributed by atoms with Crippen LogP contribution >= 0.6 is 12.8 Å². The van der Waals surface area contributed by atoms with Crippen molar-refractivity contribution in [1.82, 2.24) is 4.72 Å². The molecule has 0 aliphatic heterocycles. The molecule has 1 saturated carbocycles. The lowest BCUT2D eigenvalue weighted by molar-refractivity contribution is -0.0455. The zero-order chi connectivity index (χ0) is 7.56. The Kier molecular flexibility index (Phi) is 3.01. The van der Waals surface area contributed by atoms with Gasteiger partial charge in [-0.15, -0.1) is 0 Å². The zero-order valence-electron chi connectivity index (χ0n) is 6.50. The summed E-state index contributed by atoms with van der Waals surface area (Å²) in [4.78, 5) is 0. The molecule has 3 heteroatoms. The lowest BCUT2D eigenvalue weighted by Crippen LogP contribution is -2.42. The predicted octanol–water partition coefficient (Wildman–Crippen LogP) is 1.38. The molecule has 0 aromatic heterocycles. The highest BCUT2D eigenvalue weighted by Crippen LogP contribution is 2.24. The molecule has 0 radical (unpaired) electrons. The summed E-state index contributed by atoms with van der Waals surface area (Å²) in [7, 11) is 0. The second kappa shape index (κ2) is 3.60. The first-order valence-electron chi connectivity index (χ1n) is 3.77. The van der Waals surface area contributed by atoms with Gasteiger partial charge in [-0.05, 0) is 26.7 Å². The minimum absolute atomic E-state index is 0.367. The molecule has 0 saturated heterocycles. The molecule has 0 bridgehead atoms. The first-order valence-corrected chi connectivity index (χ1v) is 4.22. The molecule has 2 nitrogen and oxygen atoms in total. The molecule has 0 unspecified atom stereocenters. The molecule has 1 rings (SSSR count). The highest BCUT2D eigenvalue weighted by atomic mass is 32.1. The van der Waals surface area contributed by atoms with Gasteiger partial charge in [-0.3, -0.25) is 4.72 Å². The molecule has 1 aliphatic rings. The Morgan fingerprint density at radius 1 is 1.50 bits per heavy atom. The van der Waals surface area contributed by atoms with E-state index in [1.54, 1.807) is 0 Å². The van der Waals surface area contributed by atoms with Crippen LogP contribution < -0.4 is 4.72 Å². The van der Waals surface area contributed by atoms with E-state index in [0.29, 0.717) is 18.2 Å². The first kappa shape index (κ1) is 8.37. The van der Waals surface area contributed by atoms with Gasteiger partial charge in [-0.25, -0.2) is 0 Å². The summed E-state index contributed by atoms with van der Waals surface area (Å²) in [5, 5.41) is 0. The maximum Gasteiger partial charge on any atom is 0.0609 e. The predicted molar refractivity (Wildman–Crippen MR) is 45.2 cm³/mol. The van der Waals surface area contributed by atoms with Gasteiger partial charge in [-0.2, -0.15) is 0 Å². The number of nitrogens with one attached hydrogen (secondary N) is 1. The van der Waals surface area contributed by atoms with Crippen LogP contribution in [0, 0.1) is 0 Å². The van der Waals surface area contributed by atoms with Crippen molar-refractivity contribution in [2.75, 3.05) is 0 Å². The van der Waals surface area contributed by atoms with Gasteiger partial charge in [0.15, 0.2) is 0 Å². The van der Waals surface area contributed by atoms with Crippen LogP contribution in [0.25, 0.3) is 0 Å². The van der Waals surface area contributed by atoms with Crippen molar-refractivity contribution >= 4 is 12.8 Å². The van der Waals surface area contributed by atoms with Crippen LogP contribution in [0.2, 0.25) is 0 Å². The Morgan fingerprint density at radius 3 is 2.50 bits per heavy atom. The maximum atomic E-state index is 5.54. The van der Waals surface area contributed by atoms with Crippen LogP contribution in [-0.2, 0) is 4.74 Å². The van der Waals surface area contributed by atoms with E-state index < -0.39 is 0 Å². The van der Waals surface area contributed by atoms with Crippen LogP contribution in [0.15, 0.2) is 0 Å². The van der Waals surface area contributed by atoms with E-state index in [2.05, 4.69) is 31.4 Å². The quantitative estimate of drug-likeness (QED) is 0.610. The minimum Gasteiger partial charge on any atom is -0.375 e. The first-order chi connectivity index (χ1) is 4.72. The van der Waals surface area contributed by atoms with Gasteiger partial charge in [0.2, 0.25) is 0 Å². The summed E-state index contributed by atoms with van der Waals surface area (Å²) in [5.41, 5.74) is 0. The lowest BCUT2D eigenvalue weighted by atomic mass is 9.90. The summed E-state index contributed by atoms with van der Waals surface area (Å²) in [6.07, 6.45) is 3.07. The Morgan fingerprint density at radius 2 is 2.10 bits per heavy atom. The fourth-order valence-electron chi connectivity index (χ4n) is 1.17. The van der Waals surface area contributed by atoms with Crippen molar-refractivity contribution in [2.24, 2.45) is 0 Å². The van der Waals surface area contributed by atoms with Crippen molar-refractivity contribution in [3.63, 3.8) is 0 Å². The van der Waals surface area contributed by atoms with E-state index in [1.807, 2.05) is 0 Å². The summed E-state index contributed by atoms with van der Waals surface area (Å²) < 4.78 is 8.46. The van der Waals surface area contributed by atoms with Crippen molar-refractivity contribution in [2.45, 2.75) is 44.9 Å². The zero-order valence-corrected chi connectivity index (χ0v) is 7.40. The van der Waals surface area contributed by atoms with Crippen LogP contribution in [0.3, 0.4) is 0 Å². The largest absolute Gasteiger partial charge is 0.375 e. The Labute approximate surface area is 67.9 Å². The molecular weight excluding hydrogens is 146 g/mol. The minimum atomic E-state index is 0.367. The van der Waals surface area contributed by atoms with E-state index >= 15 is 0 Å². The topological polar surface area (TPSA) is 21.3 Å². The molecule has 0 aromatic rings.